The Morgan fingerprint density at radius 2 is 1.91 bits per heavy atom. The topological polar surface area (TPSA) is 89.6 Å². The summed E-state index contributed by atoms with van der Waals surface area (Å²) in [6.45, 7) is 3.85. The highest BCUT2D eigenvalue weighted by Gasteiger charge is 2.48. The summed E-state index contributed by atoms with van der Waals surface area (Å²) in [4.78, 5) is 22.1. The van der Waals surface area contributed by atoms with Crippen LogP contribution in [-0.2, 0) is 22.4 Å². The second kappa shape index (κ2) is 8.61. The molecule has 1 aliphatic carbocycles. The molecule has 7 nitrogen and oxygen atoms in total. The number of carbonyl (C=O) groups excluding carboxylic acids is 1. The van der Waals surface area contributed by atoms with Gasteiger partial charge in [-0.15, -0.1) is 5.10 Å². The standard InChI is InChI=1S/C26H30N4O3/c1-17-14-18(2)30-25(27-17)28-23(29-30)15-21-22(31)16-26(33-24(21)32,20-10-6-7-11-20)13-12-19-8-4-3-5-9-19/h3-5,8-9,14,20,31H,6-7,10-13,15-16H2,1-2H3. The fourth-order valence-corrected chi connectivity index (χ4v) is 5.43. The van der Waals surface area contributed by atoms with Gasteiger partial charge in [-0.3, -0.25) is 0 Å². The monoisotopic (exact) mass is 446 g/mol. The van der Waals surface area contributed by atoms with Crippen LogP contribution in [0.2, 0.25) is 0 Å². The third kappa shape index (κ3) is 4.24. The molecule has 172 valence electrons. The molecule has 1 atom stereocenters. The van der Waals surface area contributed by atoms with Gasteiger partial charge in [-0.1, -0.05) is 43.2 Å². The number of carbonyl (C=O) groups is 1. The molecule has 0 spiro atoms. The minimum Gasteiger partial charge on any atom is -0.512 e. The summed E-state index contributed by atoms with van der Waals surface area (Å²) in [6, 6.07) is 12.2. The molecule has 0 amide bonds. The first-order valence-electron chi connectivity index (χ1n) is 11.8. The predicted molar refractivity (Wildman–Crippen MR) is 124 cm³/mol. The quantitative estimate of drug-likeness (QED) is 0.557. The molecule has 1 saturated carbocycles. The summed E-state index contributed by atoms with van der Waals surface area (Å²) in [5, 5.41) is 15.6. The van der Waals surface area contributed by atoms with Crippen LogP contribution in [0.1, 0.15) is 61.3 Å². The first kappa shape index (κ1) is 21.6. The number of nitrogens with zero attached hydrogens (tertiary/aromatic N) is 4. The minimum absolute atomic E-state index is 0.117. The first-order chi connectivity index (χ1) is 15.9. The third-order valence-electron chi connectivity index (χ3n) is 7.13. The molecule has 5 rings (SSSR count). The Morgan fingerprint density at radius 1 is 1.15 bits per heavy atom. The Bertz CT molecular complexity index is 1210. The van der Waals surface area contributed by atoms with Crippen molar-refractivity contribution in [3.8, 4) is 0 Å². The second-order valence-electron chi connectivity index (χ2n) is 9.48. The van der Waals surface area contributed by atoms with Gasteiger partial charge >= 0.3 is 5.97 Å². The number of aryl methyl sites for hydroxylation is 3. The highest BCUT2D eigenvalue weighted by Crippen LogP contribution is 2.45. The maximum Gasteiger partial charge on any atom is 0.338 e. The molecule has 33 heavy (non-hydrogen) atoms. The van der Waals surface area contributed by atoms with Crippen LogP contribution < -0.4 is 0 Å². The van der Waals surface area contributed by atoms with E-state index in [0.29, 0.717) is 24.4 Å². The Kier molecular flexibility index (Phi) is 5.64. The van der Waals surface area contributed by atoms with Crippen LogP contribution in [0.5, 0.6) is 0 Å². The van der Waals surface area contributed by atoms with Crippen LogP contribution in [0.15, 0.2) is 47.7 Å². The number of benzene rings is 1. The molecular weight excluding hydrogens is 416 g/mol. The Labute approximate surface area is 193 Å². The summed E-state index contributed by atoms with van der Waals surface area (Å²) in [5.41, 5.74) is 2.60. The van der Waals surface area contributed by atoms with Crippen molar-refractivity contribution in [3.63, 3.8) is 0 Å². The lowest BCUT2D eigenvalue weighted by molar-refractivity contribution is -0.167. The van der Waals surface area contributed by atoms with Crippen molar-refractivity contribution in [3.05, 3.63) is 70.5 Å². The van der Waals surface area contributed by atoms with Crippen molar-refractivity contribution < 1.29 is 14.6 Å². The zero-order valence-corrected chi connectivity index (χ0v) is 19.3. The van der Waals surface area contributed by atoms with E-state index in [1.54, 1.807) is 4.52 Å². The summed E-state index contributed by atoms with van der Waals surface area (Å²) in [7, 11) is 0. The Morgan fingerprint density at radius 3 is 2.64 bits per heavy atom. The van der Waals surface area contributed by atoms with Crippen molar-refractivity contribution in [2.45, 2.75) is 70.8 Å². The molecule has 2 aliphatic rings. The number of cyclic esters (lactones) is 1. The smallest absolute Gasteiger partial charge is 0.338 e. The fraction of sp³-hybridized carbons (Fsp3) is 0.462. The zero-order chi connectivity index (χ0) is 23.0. The molecule has 7 heteroatoms. The summed E-state index contributed by atoms with van der Waals surface area (Å²) in [5.74, 6) is 0.892. The van der Waals surface area contributed by atoms with Gasteiger partial charge in [0.25, 0.3) is 5.78 Å². The fourth-order valence-electron chi connectivity index (χ4n) is 5.43. The number of aliphatic hydroxyl groups is 1. The lowest BCUT2D eigenvalue weighted by Gasteiger charge is -2.41. The molecule has 1 aromatic carbocycles. The van der Waals surface area contributed by atoms with E-state index in [2.05, 4.69) is 27.2 Å². The maximum atomic E-state index is 13.2. The molecule has 1 aliphatic heterocycles. The van der Waals surface area contributed by atoms with E-state index in [9.17, 15) is 9.90 Å². The maximum absolute atomic E-state index is 13.2. The number of rotatable bonds is 6. The van der Waals surface area contributed by atoms with Crippen LogP contribution in [0.4, 0.5) is 0 Å². The molecule has 1 fully saturated rings. The van der Waals surface area contributed by atoms with E-state index in [0.717, 1.165) is 43.5 Å². The van der Waals surface area contributed by atoms with Crippen molar-refractivity contribution in [1.29, 1.82) is 0 Å². The lowest BCUT2D eigenvalue weighted by atomic mass is 9.76. The van der Waals surface area contributed by atoms with Crippen molar-refractivity contribution in [1.82, 2.24) is 19.6 Å². The third-order valence-corrected chi connectivity index (χ3v) is 7.13. The molecule has 0 saturated heterocycles. The van der Waals surface area contributed by atoms with Crippen LogP contribution >= 0.6 is 0 Å². The van der Waals surface area contributed by atoms with Crippen molar-refractivity contribution in [2.75, 3.05) is 0 Å². The second-order valence-corrected chi connectivity index (χ2v) is 9.48. The number of aliphatic hydroxyl groups excluding tert-OH is 1. The molecule has 0 bridgehead atoms. The number of ether oxygens (including phenoxy) is 1. The number of hydrogen-bond acceptors (Lipinski definition) is 6. The highest BCUT2D eigenvalue weighted by molar-refractivity contribution is 5.90. The molecule has 3 heterocycles. The number of hydrogen-bond donors (Lipinski definition) is 1. The lowest BCUT2D eigenvalue weighted by Crippen LogP contribution is -2.46. The SMILES string of the molecule is Cc1cc(C)n2nc(CC3=C(O)CC(CCc4ccccc4)(C4CCCC4)OC3=O)nc2n1. The molecule has 0 radical (unpaired) electrons. The van der Waals surface area contributed by atoms with Crippen molar-refractivity contribution >= 4 is 11.7 Å². The van der Waals surface area contributed by atoms with Crippen LogP contribution in [0.25, 0.3) is 5.78 Å². The molecule has 3 aromatic rings. The van der Waals surface area contributed by atoms with Gasteiger partial charge in [0.2, 0.25) is 0 Å². The Hall–Kier alpha value is -3.22. The van der Waals surface area contributed by atoms with Gasteiger partial charge in [0.15, 0.2) is 5.82 Å². The summed E-state index contributed by atoms with van der Waals surface area (Å²) >= 11 is 0. The van der Waals surface area contributed by atoms with E-state index in [4.69, 9.17) is 4.74 Å². The van der Waals surface area contributed by atoms with Gasteiger partial charge in [-0.25, -0.2) is 14.3 Å². The zero-order valence-electron chi connectivity index (χ0n) is 19.3. The molecular formula is C26H30N4O3. The number of aromatic nitrogens is 4. The molecule has 1 N–H and O–H groups in total. The van der Waals surface area contributed by atoms with Crippen LogP contribution in [0.3, 0.4) is 0 Å². The van der Waals surface area contributed by atoms with Gasteiger partial charge in [-0.05, 0) is 57.1 Å². The van der Waals surface area contributed by atoms with Crippen LogP contribution in [0, 0.1) is 19.8 Å². The van der Waals surface area contributed by atoms with Crippen molar-refractivity contribution in [2.24, 2.45) is 5.92 Å². The average molecular weight is 447 g/mol. The van der Waals surface area contributed by atoms with Crippen LogP contribution in [-0.4, -0.2) is 36.3 Å². The van der Waals surface area contributed by atoms with E-state index in [1.165, 1.54) is 5.56 Å². The number of fused-ring (bicyclic) bond motifs is 1. The first-order valence-corrected chi connectivity index (χ1v) is 11.8. The Balaban J connectivity index is 1.41. The molecule has 1 unspecified atom stereocenters. The van der Waals surface area contributed by atoms with Gasteiger partial charge in [0.1, 0.15) is 11.4 Å². The summed E-state index contributed by atoms with van der Waals surface area (Å²) in [6.07, 6.45) is 6.35. The average Bonchev–Trinajstić information content (AvgIpc) is 3.46. The minimum atomic E-state index is -0.654. The largest absolute Gasteiger partial charge is 0.512 e. The van der Waals surface area contributed by atoms with E-state index in [-0.39, 0.29) is 23.7 Å². The van der Waals surface area contributed by atoms with Gasteiger partial charge in [-0.2, -0.15) is 4.98 Å². The van der Waals surface area contributed by atoms with Gasteiger partial charge < -0.3 is 9.84 Å². The highest BCUT2D eigenvalue weighted by atomic mass is 16.6. The van der Waals surface area contributed by atoms with Gasteiger partial charge in [0.05, 0.1) is 5.57 Å². The summed E-state index contributed by atoms with van der Waals surface area (Å²) < 4.78 is 7.88. The van der Waals surface area contributed by atoms with E-state index < -0.39 is 11.6 Å². The van der Waals surface area contributed by atoms with Gasteiger partial charge in [0, 0.05) is 24.2 Å². The number of esters is 1. The van der Waals surface area contributed by atoms with E-state index in [1.807, 2.05) is 38.1 Å². The normalized spacial score (nSPS) is 21.7. The van der Waals surface area contributed by atoms with E-state index >= 15 is 0 Å². The molecule has 2 aromatic heterocycles. The predicted octanol–water partition coefficient (Wildman–Crippen LogP) is 4.60.